The molecule has 0 unspecified atom stereocenters. The highest BCUT2D eigenvalue weighted by Crippen LogP contribution is 2.26. The van der Waals surface area contributed by atoms with Gasteiger partial charge in [-0.2, -0.15) is 10.1 Å². The second-order valence-corrected chi connectivity index (χ2v) is 4.38. The highest BCUT2D eigenvalue weighted by molar-refractivity contribution is 5.47. The summed E-state index contributed by atoms with van der Waals surface area (Å²) in [5.41, 5.74) is 1.90. The van der Waals surface area contributed by atoms with E-state index in [-0.39, 0.29) is 0 Å². The maximum Gasteiger partial charge on any atom is 0.278 e. The molecule has 0 saturated carbocycles. The van der Waals surface area contributed by atoms with Gasteiger partial charge in [-0.3, -0.25) is 5.10 Å². The van der Waals surface area contributed by atoms with Crippen molar-refractivity contribution in [2.45, 2.75) is 25.7 Å². The molecule has 1 aliphatic heterocycles. The van der Waals surface area contributed by atoms with E-state index in [1.807, 2.05) is 6.07 Å². The summed E-state index contributed by atoms with van der Waals surface area (Å²) in [6.45, 7) is 3.94. The molecular weight excluding hydrogens is 218 g/mol. The van der Waals surface area contributed by atoms with Gasteiger partial charge in [0.1, 0.15) is 0 Å². The van der Waals surface area contributed by atoms with E-state index < -0.39 is 0 Å². The number of nitrogens with one attached hydrogen (secondary N) is 2. The van der Waals surface area contributed by atoms with Crippen LogP contribution in [-0.2, 0) is 0 Å². The first-order valence-corrected chi connectivity index (χ1v) is 5.89. The number of rotatable bonds is 2. The molecule has 2 aromatic heterocycles. The first-order chi connectivity index (χ1) is 8.33. The Bertz CT molecular complexity index is 497. The number of hydrogen-bond donors (Lipinski definition) is 2. The molecule has 3 rings (SSSR count). The molecule has 0 spiro atoms. The minimum absolute atomic E-state index is 0.485. The van der Waals surface area contributed by atoms with Gasteiger partial charge < -0.3 is 9.84 Å². The largest absolute Gasteiger partial charge is 0.332 e. The van der Waals surface area contributed by atoms with Gasteiger partial charge in [0, 0.05) is 11.6 Å². The zero-order valence-electron chi connectivity index (χ0n) is 9.73. The summed E-state index contributed by atoms with van der Waals surface area (Å²) in [5.74, 6) is 1.67. The van der Waals surface area contributed by atoms with Crippen LogP contribution >= 0.6 is 0 Å². The normalized spacial score (nSPS) is 17.5. The molecule has 0 atom stereocenters. The summed E-state index contributed by atoms with van der Waals surface area (Å²) in [7, 11) is 0. The average Bonchev–Trinajstić information content (AvgIpc) is 2.98. The number of hydrogen-bond acceptors (Lipinski definition) is 5. The third-order valence-corrected chi connectivity index (χ3v) is 3.12. The molecule has 0 aromatic carbocycles. The van der Waals surface area contributed by atoms with E-state index in [1.54, 1.807) is 6.92 Å². The number of aromatic amines is 1. The Balaban J connectivity index is 1.82. The van der Waals surface area contributed by atoms with Gasteiger partial charge in [0.15, 0.2) is 11.5 Å². The van der Waals surface area contributed by atoms with Crippen LogP contribution in [0.25, 0.3) is 11.6 Å². The van der Waals surface area contributed by atoms with Gasteiger partial charge >= 0.3 is 0 Å². The number of nitrogens with zero attached hydrogens (tertiary/aromatic N) is 3. The van der Waals surface area contributed by atoms with Crippen LogP contribution < -0.4 is 5.32 Å². The van der Waals surface area contributed by atoms with Gasteiger partial charge in [0.25, 0.3) is 5.89 Å². The second kappa shape index (κ2) is 4.29. The maximum absolute atomic E-state index is 5.10. The highest BCUT2D eigenvalue weighted by atomic mass is 16.5. The number of H-pyrrole nitrogens is 1. The van der Waals surface area contributed by atoms with E-state index in [0.29, 0.717) is 17.6 Å². The standard InChI is InChI=1S/C11H15N5O/c1-7-13-11(17-16-7)10-6-9(14-15-10)8-2-4-12-5-3-8/h6,8,12H,2-5H2,1H3,(H,14,15). The second-order valence-electron chi connectivity index (χ2n) is 4.38. The Morgan fingerprint density at radius 3 is 2.88 bits per heavy atom. The van der Waals surface area contributed by atoms with Crippen LogP contribution in [0, 0.1) is 6.92 Å². The summed E-state index contributed by atoms with van der Waals surface area (Å²) < 4.78 is 5.10. The van der Waals surface area contributed by atoms with E-state index in [4.69, 9.17) is 4.52 Å². The first kappa shape index (κ1) is 10.5. The highest BCUT2D eigenvalue weighted by Gasteiger charge is 2.19. The van der Waals surface area contributed by atoms with E-state index in [2.05, 4.69) is 25.7 Å². The number of aromatic nitrogens is 4. The van der Waals surface area contributed by atoms with Crippen molar-refractivity contribution < 1.29 is 4.52 Å². The van der Waals surface area contributed by atoms with Crippen LogP contribution in [0.1, 0.15) is 30.3 Å². The molecule has 6 heteroatoms. The zero-order valence-corrected chi connectivity index (χ0v) is 9.73. The van der Waals surface area contributed by atoms with E-state index in [1.165, 1.54) is 0 Å². The van der Waals surface area contributed by atoms with Gasteiger partial charge in [-0.15, -0.1) is 0 Å². The van der Waals surface area contributed by atoms with Crippen molar-refractivity contribution in [3.05, 3.63) is 17.6 Å². The summed E-state index contributed by atoms with van der Waals surface area (Å²) in [6, 6.07) is 2.02. The number of piperidine rings is 1. The molecule has 1 fully saturated rings. The molecule has 1 saturated heterocycles. The Morgan fingerprint density at radius 1 is 1.35 bits per heavy atom. The Morgan fingerprint density at radius 2 is 2.18 bits per heavy atom. The quantitative estimate of drug-likeness (QED) is 0.815. The fourth-order valence-electron chi connectivity index (χ4n) is 2.19. The topological polar surface area (TPSA) is 79.6 Å². The molecule has 0 amide bonds. The lowest BCUT2D eigenvalue weighted by molar-refractivity contribution is 0.424. The molecule has 2 N–H and O–H groups in total. The van der Waals surface area contributed by atoms with Gasteiger partial charge in [-0.1, -0.05) is 5.16 Å². The summed E-state index contributed by atoms with van der Waals surface area (Å²) in [6.07, 6.45) is 2.29. The zero-order chi connectivity index (χ0) is 11.7. The maximum atomic E-state index is 5.10. The molecule has 2 aromatic rings. The van der Waals surface area contributed by atoms with Crippen LogP contribution in [0.3, 0.4) is 0 Å². The molecule has 17 heavy (non-hydrogen) atoms. The lowest BCUT2D eigenvalue weighted by Gasteiger charge is -2.20. The van der Waals surface area contributed by atoms with Crippen molar-refractivity contribution in [3.63, 3.8) is 0 Å². The molecule has 6 nitrogen and oxygen atoms in total. The van der Waals surface area contributed by atoms with Crippen molar-refractivity contribution in [1.82, 2.24) is 25.7 Å². The van der Waals surface area contributed by atoms with Crippen LogP contribution in [0.15, 0.2) is 10.6 Å². The van der Waals surface area contributed by atoms with Gasteiger partial charge in [0.05, 0.1) is 0 Å². The van der Waals surface area contributed by atoms with Crippen LogP contribution in [-0.4, -0.2) is 33.4 Å². The predicted molar refractivity (Wildman–Crippen MR) is 61.5 cm³/mol. The molecule has 3 heterocycles. The Kier molecular flexibility index (Phi) is 2.64. The summed E-state index contributed by atoms with van der Waals surface area (Å²) in [4.78, 5) is 4.17. The van der Waals surface area contributed by atoms with Gasteiger partial charge in [-0.25, -0.2) is 0 Å². The predicted octanol–water partition coefficient (Wildman–Crippen LogP) is 1.24. The molecule has 1 aliphatic rings. The third-order valence-electron chi connectivity index (χ3n) is 3.12. The molecule has 0 bridgehead atoms. The fraction of sp³-hybridized carbons (Fsp3) is 0.545. The van der Waals surface area contributed by atoms with Crippen LogP contribution in [0.2, 0.25) is 0 Å². The van der Waals surface area contributed by atoms with Gasteiger partial charge in [0.2, 0.25) is 0 Å². The average molecular weight is 233 g/mol. The minimum Gasteiger partial charge on any atom is -0.332 e. The van der Waals surface area contributed by atoms with Crippen molar-refractivity contribution in [1.29, 1.82) is 0 Å². The van der Waals surface area contributed by atoms with Crippen LogP contribution in [0.4, 0.5) is 0 Å². The summed E-state index contributed by atoms with van der Waals surface area (Å²) >= 11 is 0. The van der Waals surface area contributed by atoms with Crippen LogP contribution in [0.5, 0.6) is 0 Å². The van der Waals surface area contributed by atoms with Crippen molar-refractivity contribution >= 4 is 0 Å². The fourth-order valence-corrected chi connectivity index (χ4v) is 2.19. The van der Waals surface area contributed by atoms with Crippen molar-refractivity contribution in [3.8, 4) is 11.6 Å². The van der Waals surface area contributed by atoms with Crippen molar-refractivity contribution in [2.75, 3.05) is 13.1 Å². The SMILES string of the molecule is Cc1noc(-c2cc(C3CCNCC3)[nH]n2)n1. The Hall–Kier alpha value is -1.69. The van der Waals surface area contributed by atoms with Crippen molar-refractivity contribution in [2.24, 2.45) is 0 Å². The molecule has 0 aliphatic carbocycles. The van der Waals surface area contributed by atoms with E-state index in [9.17, 15) is 0 Å². The number of aryl methyl sites for hydroxylation is 1. The van der Waals surface area contributed by atoms with E-state index >= 15 is 0 Å². The monoisotopic (exact) mass is 233 g/mol. The van der Waals surface area contributed by atoms with E-state index in [0.717, 1.165) is 37.3 Å². The third kappa shape index (κ3) is 2.08. The Labute approximate surface area is 98.8 Å². The molecular formula is C11H15N5O. The van der Waals surface area contributed by atoms with Gasteiger partial charge in [-0.05, 0) is 38.9 Å². The molecule has 90 valence electrons. The minimum atomic E-state index is 0.485. The summed E-state index contributed by atoms with van der Waals surface area (Å²) in [5, 5.41) is 14.4. The smallest absolute Gasteiger partial charge is 0.278 e. The first-order valence-electron chi connectivity index (χ1n) is 5.89. The lowest BCUT2D eigenvalue weighted by Crippen LogP contribution is -2.26. The molecule has 0 radical (unpaired) electrons. The lowest BCUT2D eigenvalue weighted by atomic mass is 9.95.